The van der Waals surface area contributed by atoms with Crippen LogP contribution in [-0.4, -0.2) is 58.9 Å². The van der Waals surface area contributed by atoms with Gasteiger partial charge >= 0.3 is 0 Å². The summed E-state index contributed by atoms with van der Waals surface area (Å²) in [5.41, 5.74) is 2.53. The highest BCUT2D eigenvalue weighted by Gasteiger charge is 2.20. The van der Waals surface area contributed by atoms with Crippen molar-refractivity contribution < 1.29 is 4.79 Å². The molecular weight excluding hydrogens is 290 g/mol. The minimum atomic E-state index is 0.0996. The Balaban J connectivity index is 1.66. The third kappa shape index (κ3) is 3.84. The van der Waals surface area contributed by atoms with E-state index < -0.39 is 0 Å². The summed E-state index contributed by atoms with van der Waals surface area (Å²) in [6.45, 7) is 5.35. The van der Waals surface area contributed by atoms with E-state index in [0.717, 1.165) is 48.9 Å². The molecule has 1 fully saturated rings. The number of nitrogens with zero attached hydrogens (tertiary/aromatic N) is 4. The van der Waals surface area contributed by atoms with E-state index in [9.17, 15) is 4.79 Å². The zero-order valence-corrected chi connectivity index (χ0v) is 13.5. The van der Waals surface area contributed by atoms with Crippen LogP contribution in [0, 0.1) is 6.92 Å². The Morgan fingerprint density at radius 1 is 1.09 bits per heavy atom. The van der Waals surface area contributed by atoms with Crippen LogP contribution in [0.25, 0.3) is 0 Å². The first-order chi connectivity index (χ1) is 11.1. The average molecular weight is 311 g/mol. The minimum absolute atomic E-state index is 0.0996. The van der Waals surface area contributed by atoms with Gasteiger partial charge < -0.3 is 15.1 Å². The highest BCUT2D eigenvalue weighted by atomic mass is 16.2. The van der Waals surface area contributed by atoms with E-state index in [1.807, 2.05) is 42.2 Å². The van der Waals surface area contributed by atoms with Gasteiger partial charge in [-0.05, 0) is 38.2 Å². The van der Waals surface area contributed by atoms with E-state index in [1.165, 1.54) is 6.33 Å². The summed E-state index contributed by atoms with van der Waals surface area (Å²) in [5.74, 6) is 0.846. The molecule has 120 valence electrons. The van der Waals surface area contributed by atoms with Crippen LogP contribution >= 0.6 is 0 Å². The van der Waals surface area contributed by atoms with Crippen LogP contribution < -0.4 is 5.32 Å². The second-order valence-corrected chi connectivity index (χ2v) is 5.84. The van der Waals surface area contributed by atoms with Gasteiger partial charge in [-0.3, -0.25) is 4.79 Å². The number of carbonyl (C=O) groups is 1. The second kappa shape index (κ2) is 6.75. The molecule has 1 aliphatic rings. The van der Waals surface area contributed by atoms with Crippen LogP contribution in [0.5, 0.6) is 0 Å². The minimum Gasteiger partial charge on any atom is -0.340 e. The number of anilines is 2. The van der Waals surface area contributed by atoms with Gasteiger partial charge in [-0.15, -0.1) is 0 Å². The molecule has 1 saturated heterocycles. The first-order valence-corrected chi connectivity index (χ1v) is 7.75. The van der Waals surface area contributed by atoms with Crippen LogP contribution in [-0.2, 0) is 0 Å². The van der Waals surface area contributed by atoms with Gasteiger partial charge in [0.25, 0.3) is 5.91 Å². The molecule has 0 spiro atoms. The van der Waals surface area contributed by atoms with Gasteiger partial charge in [0, 0.05) is 49.2 Å². The van der Waals surface area contributed by atoms with E-state index in [-0.39, 0.29) is 5.91 Å². The van der Waals surface area contributed by atoms with E-state index >= 15 is 0 Å². The van der Waals surface area contributed by atoms with E-state index in [1.54, 1.807) is 0 Å². The Labute approximate surface area is 136 Å². The Hall–Kier alpha value is -2.47. The highest BCUT2D eigenvalue weighted by molar-refractivity contribution is 5.94. The summed E-state index contributed by atoms with van der Waals surface area (Å²) in [5, 5.41) is 3.21. The average Bonchev–Trinajstić information content (AvgIpc) is 2.56. The zero-order valence-electron chi connectivity index (χ0n) is 13.5. The number of piperazine rings is 1. The van der Waals surface area contributed by atoms with Gasteiger partial charge in [0.15, 0.2) is 0 Å². The van der Waals surface area contributed by atoms with Gasteiger partial charge in [-0.1, -0.05) is 0 Å². The number of likely N-dealkylation sites (N-methyl/N-ethyl adjacent to an activating group) is 1. The Morgan fingerprint density at radius 2 is 1.78 bits per heavy atom. The predicted octanol–water partition coefficient (Wildman–Crippen LogP) is 1.92. The molecule has 1 aliphatic heterocycles. The number of amides is 1. The smallest absolute Gasteiger partial charge is 0.253 e. The maximum Gasteiger partial charge on any atom is 0.253 e. The quantitative estimate of drug-likeness (QED) is 0.938. The molecule has 0 bridgehead atoms. The summed E-state index contributed by atoms with van der Waals surface area (Å²) >= 11 is 0. The van der Waals surface area contributed by atoms with Crippen molar-refractivity contribution in [2.75, 3.05) is 38.5 Å². The summed E-state index contributed by atoms with van der Waals surface area (Å²) in [6.07, 6.45) is 1.53. The van der Waals surface area contributed by atoms with Crippen LogP contribution in [0.15, 0.2) is 36.7 Å². The van der Waals surface area contributed by atoms with Crippen LogP contribution in [0.3, 0.4) is 0 Å². The van der Waals surface area contributed by atoms with Crippen LogP contribution in [0.1, 0.15) is 16.1 Å². The molecule has 0 unspecified atom stereocenters. The fourth-order valence-electron chi connectivity index (χ4n) is 2.56. The number of hydrogen-bond acceptors (Lipinski definition) is 5. The van der Waals surface area contributed by atoms with E-state index in [4.69, 9.17) is 0 Å². The Bertz CT molecular complexity index is 678. The normalized spacial score (nSPS) is 15.5. The molecule has 1 aromatic carbocycles. The first kappa shape index (κ1) is 15.4. The Kier molecular flexibility index (Phi) is 4.52. The van der Waals surface area contributed by atoms with E-state index in [2.05, 4.69) is 27.2 Å². The van der Waals surface area contributed by atoms with Crippen molar-refractivity contribution in [3.05, 3.63) is 47.9 Å². The summed E-state index contributed by atoms with van der Waals surface area (Å²) in [4.78, 5) is 24.9. The fourth-order valence-corrected chi connectivity index (χ4v) is 2.56. The van der Waals surface area contributed by atoms with Crippen molar-refractivity contribution in [3.63, 3.8) is 0 Å². The van der Waals surface area contributed by atoms with Gasteiger partial charge in [-0.25, -0.2) is 9.97 Å². The van der Waals surface area contributed by atoms with Crippen LogP contribution in [0.2, 0.25) is 0 Å². The van der Waals surface area contributed by atoms with Crippen molar-refractivity contribution in [1.29, 1.82) is 0 Å². The summed E-state index contributed by atoms with van der Waals surface area (Å²) in [6, 6.07) is 9.40. The van der Waals surface area contributed by atoms with Gasteiger partial charge in [0.1, 0.15) is 12.1 Å². The molecule has 0 saturated carbocycles. The number of aromatic nitrogens is 2. The monoisotopic (exact) mass is 311 g/mol. The molecule has 6 nitrogen and oxygen atoms in total. The third-order valence-electron chi connectivity index (χ3n) is 4.00. The SMILES string of the molecule is Cc1cc(Nc2ccc(C(=O)N3CCN(C)CC3)cc2)ncn1. The third-order valence-corrected chi connectivity index (χ3v) is 4.00. The van der Waals surface area contributed by atoms with Crippen molar-refractivity contribution in [2.45, 2.75) is 6.92 Å². The second-order valence-electron chi connectivity index (χ2n) is 5.84. The summed E-state index contributed by atoms with van der Waals surface area (Å²) in [7, 11) is 2.08. The number of hydrogen-bond donors (Lipinski definition) is 1. The number of carbonyl (C=O) groups excluding carboxylic acids is 1. The molecule has 1 N–H and O–H groups in total. The van der Waals surface area contributed by atoms with Gasteiger partial charge in [-0.2, -0.15) is 0 Å². The molecule has 2 aromatic rings. The molecule has 3 rings (SSSR count). The molecule has 0 aliphatic carbocycles. The molecule has 6 heteroatoms. The molecular formula is C17H21N5O. The molecule has 1 amide bonds. The van der Waals surface area contributed by atoms with Crippen molar-refractivity contribution in [1.82, 2.24) is 19.8 Å². The predicted molar refractivity (Wildman–Crippen MR) is 89.9 cm³/mol. The van der Waals surface area contributed by atoms with Crippen molar-refractivity contribution >= 4 is 17.4 Å². The lowest BCUT2D eigenvalue weighted by Gasteiger charge is -2.32. The molecule has 1 aromatic heterocycles. The number of nitrogens with one attached hydrogen (secondary N) is 1. The lowest BCUT2D eigenvalue weighted by molar-refractivity contribution is 0.0664. The maximum atomic E-state index is 12.5. The largest absolute Gasteiger partial charge is 0.340 e. The molecule has 2 heterocycles. The Morgan fingerprint density at radius 3 is 2.43 bits per heavy atom. The fraction of sp³-hybridized carbons (Fsp3) is 0.353. The molecule has 0 radical (unpaired) electrons. The zero-order chi connectivity index (χ0) is 16.2. The van der Waals surface area contributed by atoms with Gasteiger partial charge in [0.05, 0.1) is 0 Å². The van der Waals surface area contributed by atoms with Crippen molar-refractivity contribution in [2.24, 2.45) is 0 Å². The first-order valence-electron chi connectivity index (χ1n) is 7.75. The van der Waals surface area contributed by atoms with Gasteiger partial charge in [0.2, 0.25) is 0 Å². The maximum absolute atomic E-state index is 12.5. The number of aryl methyl sites for hydroxylation is 1. The number of benzene rings is 1. The van der Waals surface area contributed by atoms with E-state index in [0.29, 0.717) is 0 Å². The molecule has 0 atom stereocenters. The van der Waals surface area contributed by atoms with Crippen LogP contribution in [0.4, 0.5) is 11.5 Å². The summed E-state index contributed by atoms with van der Waals surface area (Å²) < 4.78 is 0. The topological polar surface area (TPSA) is 61.4 Å². The molecule has 23 heavy (non-hydrogen) atoms. The number of rotatable bonds is 3. The lowest BCUT2D eigenvalue weighted by atomic mass is 10.1. The van der Waals surface area contributed by atoms with Crippen molar-refractivity contribution in [3.8, 4) is 0 Å². The standard InChI is InChI=1S/C17H21N5O/c1-13-11-16(19-12-18-13)20-15-5-3-14(4-6-15)17(23)22-9-7-21(2)8-10-22/h3-6,11-12H,7-10H2,1-2H3,(H,18,19,20). The highest BCUT2D eigenvalue weighted by Crippen LogP contribution is 2.16. The lowest BCUT2D eigenvalue weighted by Crippen LogP contribution is -2.47.